The Hall–Kier alpha value is -2.90. The molecule has 3 rings (SSSR count). The fraction of sp³-hybridized carbons (Fsp3) is 0.222. The molecule has 3 nitrogen and oxygen atoms in total. The molecule has 166 valence electrons. The Bertz CT molecular complexity index is 1020. The lowest BCUT2D eigenvalue weighted by Gasteiger charge is -2.39. The molecule has 0 aliphatic heterocycles. The van der Waals surface area contributed by atoms with Gasteiger partial charge in [0, 0.05) is 0 Å². The molecule has 0 N–H and O–H groups in total. The lowest BCUT2D eigenvalue weighted by Crippen LogP contribution is -2.69. The minimum atomic E-state index is -1.63. The average molecular weight is 459 g/mol. The zero-order chi connectivity index (χ0) is 23.0. The van der Waals surface area contributed by atoms with Crippen molar-refractivity contribution >= 4 is 37.5 Å². The van der Waals surface area contributed by atoms with Gasteiger partial charge in [0.1, 0.15) is 6.61 Å². The predicted molar refractivity (Wildman–Crippen MR) is 145 cm³/mol. The van der Waals surface area contributed by atoms with E-state index in [4.69, 9.17) is 9.84 Å². The molecule has 0 spiro atoms. The van der Waals surface area contributed by atoms with Gasteiger partial charge in [0.2, 0.25) is 0 Å². The monoisotopic (exact) mass is 458 g/mol. The molecule has 0 aromatic heterocycles. The van der Waals surface area contributed by atoms with Crippen molar-refractivity contribution in [3.05, 3.63) is 103 Å². The maximum absolute atomic E-state index is 5.32. The van der Waals surface area contributed by atoms with Gasteiger partial charge in [-0.25, -0.2) is 0 Å². The lowest BCUT2D eigenvalue weighted by atomic mass is 10.2. The van der Waals surface area contributed by atoms with Crippen molar-refractivity contribution in [3.63, 3.8) is 0 Å². The van der Waals surface area contributed by atoms with Gasteiger partial charge in [-0.1, -0.05) is 116 Å². The van der Waals surface area contributed by atoms with E-state index >= 15 is 0 Å². The van der Waals surface area contributed by atoms with Crippen LogP contribution in [0.5, 0.6) is 0 Å². The third-order valence-electron chi connectivity index (χ3n) is 6.63. The summed E-state index contributed by atoms with van der Waals surface area (Å²) in [7, 11) is -3.22. The van der Waals surface area contributed by atoms with Gasteiger partial charge in [-0.3, -0.25) is 5.01 Å². The first kappa shape index (κ1) is 23.8. The van der Waals surface area contributed by atoms with Crippen molar-refractivity contribution in [1.82, 2.24) is 0 Å². The molecule has 0 saturated carbocycles. The minimum absolute atomic E-state index is 0.535. The van der Waals surface area contributed by atoms with Gasteiger partial charge in [0.05, 0.1) is 39.9 Å². The summed E-state index contributed by atoms with van der Waals surface area (Å²) in [4.78, 5) is 0. The number of anilines is 1. The van der Waals surface area contributed by atoms with Crippen LogP contribution in [0.25, 0.3) is 0 Å². The van der Waals surface area contributed by atoms with Crippen molar-refractivity contribution < 1.29 is 4.74 Å². The Morgan fingerprint density at radius 2 is 1.31 bits per heavy atom. The van der Waals surface area contributed by atoms with Crippen molar-refractivity contribution in [2.75, 3.05) is 18.2 Å². The number of benzene rings is 3. The van der Waals surface area contributed by atoms with Crippen molar-refractivity contribution in [2.45, 2.75) is 26.2 Å². The maximum atomic E-state index is 5.32. The van der Waals surface area contributed by atoms with E-state index in [-0.39, 0.29) is 0 Å². The molecule has 3 aromatic carbocycles. The Morgan fingerprint density at radius 3 is 1.88 bits per heavy atom. The number of hydrazone groups is 1. The first-order chi connectivity index (χ1) is 15.4. The summed E-state index contributed by atoms with van der Waals surface area (Å²) in [5, 5.41) is 9.75. The largest absolute Gasteiger partial charge is 0.500 e. The molecular formula is C27H34N2OSi2. The number of nitrogens with zero attached hydrogens (tertiary/aromatic N) is 2. The van der Waals surface area contributed by atoms with E-state index in [1.165, 1.54) is 11.4 Å². The lowest BCUT2D eigenvalue weighted by molar-refractivity contribution is 0.258. The molecule has 0 amide bonds. The molecule has 0 unspecified atom stereocenters. The SMILES string of the molecule is C=COCCN(/N=C\c1ccc([Si](C)(C)[Si](C)(C)c2ccccc2)cc1)c1ccccc1. The molecule has 0 radical (unpaired) electrons. The standard InChI is InChI=1S/C27H34N2OSi2/c1-6-30-22-21-29(25-13-9-7-10-14-25)28-23-24-17-19-27(20-18-24)32(4,5)31(2,3)26-15-11-8-12-16-26/h6-20,23H,1,21-22H2,2-5H3/b28-23-. The van der Waals surface area contributed by atoms with Crippen LogP contribution >= 0.6 is 0 Å². The van der Waals surface area contributed by atoms with Crippen LogP contribution in [0.3, 0.4) is 0 Å². The molecule has 0 atom stereocenters. The molecule has 0 saturated heterocycles. The number of para-hydroxylation sites is 1. The van der Waals surface area contributed by atoms with Crippen LogP contribution < -0.4 is 15.4 Å². The van der Waals surface area contributed by atoms with Crippen LogP contribution in [0.2, 0.25) is 26.2 Å². The van der Waals surface area contributed by atoms with Crippen LogP contribution in [0.1, 0.15) is 5.56 Å². The van der Waals surface area contributed by atoms with Gasteiger partial charge in [-0.05, 0) is 17.7 Å². The summed E-state index contributed by atoms with van der Waals surface area (Å²) in [6.07, 6.45) is 3.40. The number of rotatable bonds is 10. The van der Waals surface area contributed by atoms with Crippen LogP contribution in [0.4, 0.5) is 5.69 Å². The summed E-state index contributed by atoms with van der Waals surface area (Å²) in [6, 6.07) is 30.3. The molecule has 0 aliphatic carbocycles. The highest BCUT2D eigenvalue weighted by Crippen LogP contribution is 2.20. The van der Waals surface area contributed by atoms with E-state index in [2.05, 4.69) is 99.5 Å². The number of ether oxygens (including phenoxy) is 1. The Balaban J connectivity index is 1.79. The second-order valence-electron chi connectivity index (χ2n) is 8.98. The normalized spacial score (nSPS) is 12.0. The highest BCUT2D eigenvalue weighted by Gasteiger charge is 2.43. The minimum Gasteiger partial charge on any atom is -0.500 e. The van der Waals surface area contributed by atoms with E-state index in [0.717, 1.165) is 11.3 Å². The molecule has 0 aliphatic rings. The third-order valence-corrected chi connectivity index (χ3v) is 24.4. The molecule has 3 aromatic rings. The van der Waals surface area contributed by atoms with E-state index in [0.29, 0.717) is 13.2 Å². The highest BCUT2D eigenvalue weighted by molar-refractivity contribution is 7.49. The summed E-state index contributed by atoms with van der Waals surface area (Å²) >= 11 is 0. The molecule has 0 heterocycles. The molecule has 5 heteroatoms. The number of hydrogen-bond donors (Lipinski definition) is 0. The Labute approximate surface area is 194 Å². The third kappa shape index (κ3) is 5.47. The quantitative estimate of drug-likeness (QED) is 0.135. The first-order valence-corrected chi connectivity index (χ1v) is 18.1. The van der Waals surface area contributed by atoms with Gasteiger partial charge in [-0.15, -0.1) is 0 Å². The van der Waals surface area contributed by atoms with E-state index < -0.39 is 15.2 Å². The van der Waals surface area contributed by atoms with Crippen molar-refractivity contribution in [3.8, 4) is 0 Å². The van der Waals surface area contributed by atoms with Crippen LogP contribution in [0, 0.1) is 0 Å². The van der Waals surface area contributed by atoms with Crippen LogP contribution in [0.15, 0.2) is 103 Å². The average Bonchev–Trinajstić information content (AvgIpc) is 2.82. The highest BCUT2D eigenvalue weighted by atomic mass is 29.3. The van der Waals surface area contributed by atoms with E-state index in [1.807, 2.05) is 29.4 Å². The maximum Gasteiger partial charge on any atom is 0.107 e. The van der Waals surface area contributed by atoms with Gasteiger partial charge in [-0.2, -0.15) is 5.10 Å². The van der Waals surface area contributed by atoms with Crippen LogP contribution in [-0.2, 0) is 4.74 Å². The topological polar surface area (TPSA) is 24.8 Å². The molecular weight excluding hydrogens is 424 g/mol. The molecule has 0 fully saturated rings. The summed E-state index contributed by atoms with van der Waals surface area (Å²) in [5.74, 6) is 0. The zero-order valence-corrected chi connectivity index (χ0v) is 21.7. The predicted octanol–water partition coefficient (Wildman–Crippen LogP) is 5.30. The van der Waals surface area contributed by atoms with Gasteiger partial charge >= 0.3 is 0 Å². The fourth-order valence-corrected chi connectivity index (χ4v) is 12.6. The Morgan fingerprint density at radius 1 is 0.781 bits per heavy atom. The fourth-order valence-electron chi connectivity index (χ4n) is 3.77. The van der Waals surface area contributed by atoms with Crippen molar-refractivity contribution in [2.24, 2.45) is 5.10 Å². The molecule has 32 heavy (non-hydrogen) atoms. The van der Waals surface area contributed by atoms with Crippen LogP contribution in [-0.4, -0.2) is 34.5 Å². The summed E-state index contributed by atoms with van der Waals surface area (Å²) in [5.41, 5.74) is 2.14. The zero-order valence-electron chi connectivity index (χ0n) is 19.7. The first-order valence-electron chi connectivity index (χ1n) is 11.1. The Kier molecular flexibility index (Phi) is 7.88. The second-order valence-corrected chi connectivity index (χ2v) is 24.1. The summed E-state index contributed by atoms with van der Waals surface area (Å²) < 4.78 is 5.32. The van der Waals surface area contributed by atoms with Crippen molar-refractivity contribution in [1.29, 1.82) is 0 Å². The molecule has 0 bridgehead atoms. The van der Waals surface area contributed by atoms with Gasteiger partial charge < -0.3 is 4.74 Å². The second kappa shape index (κ2) is 10.6. The van der Waals surface area contributed by atoms with E-state index in [9.17, 15) is 0 Å². The van der Waals surface area contributed by atoms with Gasteiger partial charge in [0.25, 0.3) is 0 Å². The van der Waals surface area contributed by atoms with E-state index in [1.54, 1.807) is 5.19 Å². The smallest absolute Gasteiger partial charge is 0.107 e. The number of hydrogen-bond acceptors (Lipinski definition) is 3. The van der Waals surface area contributed by atoms with Gasteiger partial charge in [0.15, 0.2) is 0 Å². The summed E-state index contributed by atoms with van der Waals surface area (Å²) in [6.45, 7) is 14.9.